The zero-order valence-corrected chi connectivity index (χ0v) is 25.5. The lowest BCUT2D eigenvalue weighted by Gasteiger charge is -2.35. The molecule has 3 unspecified atom stereocenters. The number of halogens is 1. The van der Waals surface area contributed by atoms with Crippen LogP contribution in [0.5, 0.6) is 0 Å². The third-order valence-corrected chi connectivity index (χ3v) is 9.23. The first-order chi connectivity index (χ1) is 20.1. The van der Waals surface area contributed by atoms with E-state index >= 15 is 0 Å². The van der Waals surface area contributed by atoms with E-state index in [2.05, 4.69) is 148 Å². The molecule has 2 aromatic carbocycles. The number of nitrogens with zero attached hydrogens (tertiary/aromatic N) is 2. The van der Waals surface area contributed by atoms with Crippen LogP contribution in [-0.2, 0) is 0 Å². The standard InChI is InChI=1S/C36H35IN4/c1-24(16-18-37)36(38)40-19-17-27-20-30-29-14-8-9-15-33(29)41(35(30)23-34(27)40)28-21-31(25-10-4-2-5-11-25)39-32(22-28)26-12-6-3-7-13-26/h2,4-5,8-12,14-23,29,32-33,39H,3,6-7,13,38H2,1H3/b18-16-,36-24+. The molecule has 5 heteroatoms. The largest absolute Gasteiger partial charge is 0.385 e. The Kier molecular flexibility index (Phi) is 6.99. The van der Waals surface area contributed by atoms with Crippen LogP contribution in [0.15, 0.2) is 124 Å². The predicted molar refractivity (Wildman–Crippen MR) is 181 cm³/mol. The monoisotopic (exact) mass is 650 g/mol. The fraction of sp³-hybridized carbons (Fsp3) is 0.222. The van der Waals surface area contributed by atoms with Gasteiger partial charge in [0, 0.05) is 34.6 Å². The summed E-state index contributed by atoms with van der Waals surface area (Å²) in [7, 11) is 0. The summed E-state index contributed by atoms with van der Waals surface area (Å²) in [5, 5.41) is 5.10. The molecule has 0 saturated heterocycles. The fourth-order valence-electron chi connectivity index (χ4n) is 6.74. The molecule has 206 valence electrons. The van der Waals surface area contributed by atoms with Crippen LogP contribution in [0.2, 0.25) is 0 Å². The summed E-state index contributed by atoms with van der Waals surface area (Å²) in [4.78, 5) is 2.56. The van der Waals surface area contributed by atoms with Gasteiger partial charge in [-0.1, -0.05) is 83.3 Å². The molecule has 0 radical (unpaired) electrons. The summed E-state index contributed by atoms with van der Waals surface area (Å²) in [6, 6.07) is 18.1. The number of fused-ring (bicyclic) bond motifs is 4. The zero-order valence-electron chi connectivity index (χ0n) is 23.3. The summed E-state index contributed by atoms with van der Waals surface area (Å²) in [6.07, 6.45) is 25.4. The van der Waals surface area contributed by atoms with Crippen molar-refractivity contribution < 1.29 is 0 Å². The van der Waals surface area contributed by atoms with Crippen molar-refractivity contribution in [1.29, 1.82) is 0 Å². The van der Waals surface area contributed by atoms with Gasteiger partial charge in [-0.15, -0.1) is 0 Å². The van der Waals surface area contributed by atoms with Crippen LogP contribution in [0.1, 0.15) is 49.7 Å². The van der Waals surface area contributed by atoms with Gasteiger partial charge in [-0.05, 0) is 95.4 Å². The molecule has 3 aromatic rings. The van der Waals surface area contributed by atoms with Crippen LogP contribution in [0, 0.1) is 0 Å². The molecule has 4 aliphatic rings. The molecule has 3 atom stereocenters. The van der Waals surface area contributed by atoms with E-state index in [9.17, 15) is 0 Å². The summed E-state index contributed by atoms with van der Waals surface area (Å²) in [5.41, 5.74) is 16.6. The number of nitrogens with two attached hydrogens (primary N) is 1. The van der Waals surface area contributed by atoms with Crippen LogP contribution >= 0.6 is 22.6 Å². The minimum atomic E-state index is 0.185. The van der Waals surface area contributed by atoms with E-state index in [1.807, 2.05) is 4.08 Å². The molecule has 1 aromatic heterocycles. The van der Waals surface area contributed by atoms with Gasteiger partial charge in [0.25, 0.3) is 0 Å². The molecular formula is C36H35IN4. The molecule has 3 N–H and O–H groups in total. The number of dihydropyridines is 1. The Balaban J connectivity index is 1.40. The molecule has 7 rings (SSSR count). The molecule has 41 heavy (non-hydrogen) atoms. The van der Waals surface area contributed by atoms with Crippen LogP contribution in [-0.4, -0.2) is 16.7 Å². The first-order valence-electron chi connectivity index (χ1n) is 14.6. The summed E-state index contributed by atoms with van der Waals surface area (Å²) >= 11 is 2.25. The van der Waals surface area contributed by atoms with Gasteiger partial charge in [0.1, 0.15) is 5.82 Å². The Bertz CT molecular complexity index is 1710. The van der Waals surface area contributed by atoms with E-state index in [0.717, 1.165) is 23.3 Å². The number of benzene rings is 2. The highest BCUT2D eigenvalue weighted by Crippen LogP contribution is 2.48. The first-order valence-corrected chi connectivity index (χ1v) is 15.8. The zero-order chi connectivity index (χ0) is 27.9. The van der Waals surface area contributed by atoms with E-state index in [-0.39, 0.29) is 12.1 Å². The van der Waals surface area contributed by atoms with E-state index < -0.39 is 0 Å². The Labute approximate surface area is 256 Å². The van der Waals surface area contributed by atoms with Gasteiger partial charge in [-0.3, -0.25) is 0 Å². The predicted octanol–water partition coefficient (Wildman–Crippen LogP) is 8.53. The van der Waals surface area contributed by atoms with Crippen LogP contribution in [0.25, 0.3) is 22.4 Å². The second kappa shape index (κ2) is 10.9. The second-order valence-electron chi connectivity index (χ2n) is 11.3. The SMILES string of the molecule is CC(/C=C\I)=C(/N)n1ccc2cc3c(cc21)N(C1=CC(C2=CCCCC2)NC(c2ccccc2)=C1)C1C=CC=CC31. The molecule has 2 aliphatic heterocycles. The van der Waals surface area contributed by atoms with E-state index in [1.54, 1.807) is 0 Å². The Morgan fingerprint density at radius 3 is 2.73 bits per heavy atom. The molecular weight excluding hydrogens is 615 g/mol. The molecule has 2 aliphatic carbocycles. The minimum absolute atomic E-state index is 0.185. The lowest BCUT2D eigenvalue weighted by atomic mass is 9.90. The fourth-order valence-corrected chi connectivity index (χ4v) is 7.28. The van der Waals surface area contributed by atoms with Gasteiger partial charge in [0.05, 0.1) is 17.6 Å². The normalized spacial score (nSPS) is 24.0. The third-order valence-electron chi connectivity index (χ3n) is 8.87. The van der Waals surface area contributed by atoms with Crippen molar-refractivity contribution in [3.63, 3.8) is 0 Å². The highest BCUT2D eigenvalue weighted by molar-refractivity contribution is 14.1. The Morgan fingerprint density at radius 2 is 1.93 bits per heavy atom. The summed E-state index contributed by atoms with van der Waals surface area (Å²) in [6.45, 7) is 2.07. The van der Waals surface area contributed by atoms with E-state index in [0.29, 0.717) is 5.92 Å². The summed E-state index contributed by atoms with van der Waals surface area (Å²) < 4.78 is 4.14. The molecule has 4 nitrogen and oxygen atoms in total. The van der Waals surface area contributed by atoms with E-state index in [1.165, 1.54) is 58.4 Å². The molecule has 3 heterocycles. The number of nitrogens with one attached hydrogen (secondary N) is 1. The lowest BCUT2D eigenvalue weighted by Crippen LogP contribution is -2.38. The summed E-state index contributed by atoms with van der Waals surface area (Å²) in [5.74, 6) is 1.06. The number of anilines is 1. The first kappa shape index (κ1) is 26.2. The van der Waals surface area contributed by atoms with Crippen molar-refractivity contribution in [3.8, 4) is 0 Å². The number of allylic oxidation sites excluding steroid dienone is 6. The van der Waals surface area contributed by atoms with Gasteiger partial charge in [0.15, 0.2) is 0 Å². The van der Waals surface area contributed by atoms with E-state index in [4.69, 9.17) is 5.73 Å². The topological polar surface area (TPSA) is 46.2 Å². The molecule has 0 fully saturated rings. The quantitative estimate of drug-likeness (QED) is 0.165. The minimum Gasteiger partial charge on any atom is -0.385 e. The average Bonchev–Trinajstić information content (AvgIpc) is 3.59. The van der Waals surface area contributed by atoms with Crippen molar-refractivity contribution in [1.82, 2.24) is 9.88 Å². The lowest BCUT2D eigenvalue weighted by molar-refractivity contribution is 0.639. The number of hydrogen-bond donors (Lipinski definition) is 2. The van der Waals surface area contributed by atoms with Gasteiger partial charge in [0.2, 0.25) is 0 Å². The number of aromatic nitrogens is 1. The van der Waals surface area contributed by atoms with Gasteiger partial charge in [-0.25, -0.2) is 0 Å². The number of rotatable bonds is 5. The van der Waals surface area contributed by atoms with Crippen LogP contribution in [0.4, 0.5) is 5.69 Å². The van der Waals surface area contributed by atoms with Crippen molar-refractivity contribution >= 4 is 50.7 Å². The maximum atomic E-state index is 6.67. The van der Waals surface area contributed by atoms with Gasteiger partial charge < -0.3 is 20.5 Å². The molecule has 0 amide bonds. The van der Waals surface area contributed by atoms with Crippen molar-refractivity contribution in [2.75, 3.05) is 4.90 Å². The van der Waals surface area contributed by atoms with Crippen LogP contribution < -0.4 is 16.0 Å². The second-order valence-corrected chi connectivity index (χ2v) is 12.1. The smallest absolute Gasteiger partial charge is 0.110 e. The average molecular weight is 651 g/mol. The van der Waals surface area contributed by atoms with Crippen molar-refractivity contribution in [3.05, 3.63) is 135 Å². The highest BCUT2D eigenvalue weighted by atomic mass is 127. The number of hydrogen-bond acceptors (Lipinski definition) is 3. The maximum absolute atomic E-state index is 6.67. The van der Waals surface area contributed by atoms with Crippen LogP contribution in [0.3, 0.4) is 0 Å². The highest BCUT2D eigenvalue weighted by Gasteiger charge is 2.39. The molecule has 0 saturated carbocycles. The van der Waals surface area contributed by atoms with Crippen molar-refractivity contribution in [2.24, 2.45) is 5.73 Å². The van der Waals surface area contributed by atoms with Crippen molar-refractivity contribution in [2.45, 2.75) is 50.6 Å². The molecule has 0 bridgehead atoms. The Morgan fingerprint density at radius 1 is 1.07 bits per heavy atom. The van der Waals surface area contributed by atoms with Gasteiger partial charge >= 0.3 is 0 Å². The molecule has 0 spiro atoms. The third kappa shape index (κ3) is 4.70. The maximum Gasteiger partial charge on any atom is 0.110 e. The van der Waals surface area contributed by atoms with Gasteiger partial charge in [-0.2, -0.15) is 0 Å². The Hall–Kier alpha value is -3.71.